The van der Waals surface area contributed by atoms with Gasteiger partial charge in [0.05, 0.1) is 12.2 Å². The molecule has 2 N–H and O–H groups in total. The predicted molar refractivity (Wildman–Crippen MR) is 121 cm³/mol. The second-order valence-corrected chi connectivity index (χ2v) is 8.40. The number of benzene rings is 1. The van der Waals surface area contributed by atoms with Gasteiger partial charge in [0, 0.05) is 39.3 Å². The van der Waals surface area contributed by atoms with E-state index in [2.05, 4.69) is 75.7 Å². The highest BCUT2D eigenvalue weighted by Gasteiger charge is 2.12. The van der Waals surface area contributed by atoms with Gasteiger partial charge in [0.1, 0.15) is 0 Å². The minimum Gasteiger partial charge on any atom is -0.359 e. The Bertz CT molecular complexity index is 798. The molecule has 1 aromatic carbocycles. The van der Waals surface area contributed by atoms with Crippen LogP contribution in [0.5, 0.6) is 0 Å². The smallest absolute Gasteiger partial charge is 0.191 e. The van der Waals surface area contributed by atoms with Crippen LogP contribution in [-0.2, 0) is 19.6 Å². The number of hydrogen-bond acceptors (Lipinski definition) is 5. The number of aliphatic imine (C=N–C) groups is 1. The quantitative estimate of drug-likeness (QED) is 0.538. The molecule has 0 unspecified atom stereocenters. The van der Waals surface area contributed by atoms with E-state index in [-0.39, 0.29) is 0 Å². The second kappa shape index (κ2) is 11.1. The van der Waals surface area contributed by atoms with Crippen LogP contribution >= 0.6 is 0 Å². The molecule has 0 amide bonds. The molecule has 164 valence electrons. The molecule has 1 fully saturated rings. The Hall–Kier alpha value is -2.38. The van der Waals surface area contributed by atoms with E-state index >= 15 is 0 Å². The molecule has 0 aliphatic carbocycles. The van der Waals surface area contributed by atoms with Crippen molar-refractivity contribution < 1.29 is 4.52 Å². The summed E-state index contributed by atoms with van der Waals surface area (Å²) >= 11 is 0. The summed E-state index contributed by atoms with van der Waals surface area (Å²) in [4.78, 5) is 9.26. The van der Waals surface area contributed by atoms with Gasteiger partial charge in [-0.2, -0.15) is 0 Å². The topological polar surface area (TPSA) is 68.9 Å². The molecule has 7 heteroatoms. The van der Waals surface area contributed by atoms with Crippen LogP contribution in [-0.4, -0.2) is 61.2 Å². The van der Waals surface area contributed by atoms with Crippen molar-refractivity contribution >= 4 is 5.96 Å². The lowest BCUT2D eigenvalue weighted by molar-refractivity contribution is 0.269. The van der Waals surface area contributed by atoms with Crippen molar-refractivity contribution in [3.8, 4) is 0 Å². The Labute approximate surface area is 180 Å². The first-order valence-corrected chi connectivity index (χ1v) is 10.9. The van der Waals surface area contributed by atoms with Crippen LogP contribution in [0.3, 0.4) is 0 Å². The molecule has 30 heavy (non-hydrogen) atoms. The van der Waals surface area contributed by atoms with Crippen LogP contribution < -0.4 is 10.6 Å². The summed E-state index contributed by atoms with van der Waals surface area (Å²) in [6, 6.07) is 10.9. The fourth-order valence-corrected chi connectivity index (χ4v) is 3.54. The summed E-state index contributed by atoms with van der Waals surface area (Å²) < 4.78 is 5.37. The molecule has 1 saturated heterocycles. The minimum atomic E-state index is 0.364. The first kappa shape index (κ1) is 22.3. The van der Waals surface area contributed by atoms with E-state index in [4.69, 9.17) is 4.52 Å². The standard InChI is InChI=1S/C23H36N6O/c1-18(2)22-14-21(30-27-22)16-26-23(24-3)25-15-19-6-8-20(9-7-19)17-29-11-5-10-28(4)12-13-29/h6-9,14,18H,5,10-13,15-17H2,1-4H3,(H2,24,25,26). The second-order valence-electron chi connectivity index (χ2n) is 8.40. The van der Waals surface area contributed by atoms with Crippen molar-refractivity contribution in [2.24, 2.45) is 4.99 Å². The maximum atomic E-state index is 5.37. The zero-order valence-corrected chi connectivity index (χ0v) is 18.8. The van der Waals surface area contributed by atoms with Gasteiger partial charge in [0.25, 0.3) is 0 Å². The van der Waals surface area contributed by atoms with E-state index in [0.717, 1.165) is 43.6 Å². The molecule has 1 aromatic heterocycles. The van der Waals surface area contributed by atoms with Gasteiger partial charge in [-0.1, -0.05) is 43.3 Å². The van der Waals surface area contributed by atoms with Crippen LogP contribution in [0, 0.1) is 0 Å². The molecule has 3 rings (SSSR count). The highest BCUT2D eigenvalue weighted by atomic mass is 16.5. The van der Waals surface area contributed by atoms with Gasteiger partial charge in [-0.3, -0.25) is 9.89 Å². The lowest BCUT2D eigenvalue weighted by Crippen LogP contribution is -2.36. The third-order valence-corrected chi connectivity index (χ3v) is 5.52. The normalized spacial score (nSPS) is 16.6. The van der Waals surface area contributed by atoms with E-state index in [1.54, 1.807) is 7.05 Å². The average Bonchev–Trinajstić information content (AvgIpc) is 3.13. The number of nitrogens with one attached hydrogen (secondary N) is 2. The lowest BCUT2D eigenvalue weighted by atomic mass is 10.1. The molecule has 0 bridgehead atoms. The van der Waals surface area contributed by atoms with Crippen LogP contribution in [0.25, 0.3) is 0 Å². The molecule has 1 aliphatic heterocycles. The summed E-state index contributed by atoms with van der Waals surface area (Å²) in [5.41, 5.74) is 3.58. The van der Waals surface area contributed by atoms with Gasteiger partial charge in [-0.15, -0.1) is 0 Å². The van der Waals surface area contributed by atoms with E-state index in [1.165, 1.54) is 30.6 Å². The fourth-order valence-electron chi connectivity index (χ4n) is 3.54. The third-order valence-electron chi connectivity index (χ3n) is 5.52. The Morgan fingerprint density at radius 3 is 2.50 bits per heavy atom. The van der Waals surface area contributed by atoms with Gasteiger partial charge in [0.2, 0.25) is 0 Å². The Kier molecular flexibility index (Phi) is 8.28. The number of aromatic nitrogens is 1. The van der Waals surface area contributed by atoms with Gasteiger partial charge in [0.15, 0.2) is 11.7 Å². The zero-order valence-electron chi connectivity index (χ0n) is 18.8. The molecule has 0 atom stereocenters. The third kappa shape index (κ3) is 6.85. The van der Waals surface area contributed by atoms with Gasteiger partial charge in [-0.05, 0) is 43.6 Å². The van der Waals surface area contributed by atoms with Gasteiger partial charge < -0.3 is 20.1 Å². The van der Waals surface area contributed by atoms with Crippen LogP contribution in [0.1, 0.15) is 48.8 Å². The maximum Gasteiger partial charge on any atom is 0.191 e. The highest BCUT2D eigenvalue weighted by molar-refractivity contribution is 5.79. The Morgan fingerprint density at radius 1 is 1.07 bits per heavy atom. The first-order chi connectivity index (χ1) is 14.5. The molecule has 0 spiro atoms. The van der Waals surface area contributed by atoms with Crippen molar-refractivity contribution in [3.05, 3.63) is 52.9 Å². The van der Waals surface area contributed by atoms with Gasteiger partial charge in [-0.25, -0.2) is 0 Å². The van der Waals surface area contributed by atoms with Crippen molar-refractivity contribution in [2.75, 3.05) is 40.3 Å². The molecule has 2 aromatic rings. The number of nitrogens with zero attached hydrogens (tertiary/aromatic N) is 4. The minimum absolute atomic E-state index is 0.364. The summed E-state index contributed by atoms with van der Waals surface area (Å²) in [6.45, 7) is 11.2. The maximum absolute atomic E-state index is 5.37. The summed E-state index contributed by atoms with van der Waals surface area (Å²) in [5, 5.41) is 10.7. The molecular formula is C23H36N6O. The van der Waals surface area contributed by atoms with Crippen molar-refractivity contribution in [1.82, 2.24) is 25.6 Å². The number of hydrogen-bond donors (Lipinski definition) is 2. The molecule has 1 aliphatic rings. The van der Waals surface area contributed by atoms with Crippen molar-refractivity contribution in [3.63, 3.8) is 0 Å². The molecular weight excluding hydrogens is 376 g/mol. The van der Waals surface area contributed by atoms with Crippen molar-refractivity contribution in [1.29, 1.82) is 0 Å². The summed E-state index contributed by atoms with van der Waals surface area (Å²) in [5.74, 6) is 1.92. The summed E-state index contributed by atoms with van der Waals surface area (Å²) in [6.07, 6.45) is 1.25. The van der Waals surface area contributed by atoms with E-state index in [1.807, 2.05) is 6.07 Å². The number of guanidine groups is 1. The summed E-state index contributed by atoms with van der Waals surface area (Å²) in [7, 11) is 3.99. The van der Waals surface area contributed by atoms with E-state index in [0.29, 0.717) is 12.5 Å². The molecule has 2 heterocycles. The average molecular weight is 413 g/mol. The molecule has 0 radical (unpaired) electrons. The highest BCUT2D eigenvalue weighted by Crippen LogP contribution is 2.14. The van der Waals surface area contributed by atoms with Crippen LogP contribution in [0.2, 0.25) is 0 Å². The van der Waals surface area contributed by atoms with Crippen LogP contribution in [0.15, 0.2) is 39.8 Å². The van der Waals surface area contributed by atoms with E-state index < -0.39 is 0 Å². The molecule has 0 saturated carbocycles. The largest absolute Gasteiger partial charge is 0.359 e. The zero-order chi connectivity index (χ0) is 21.3. The fraction of sp³-hybridized carbons (Fsp3) is 0.565. The van der Waals surface area contributed by atoms with E-state index in [9.17, 15) is 0 Å². The first-order valence-electron chi connectivity index (χ1n) is 10.9. The van der Waals surface area contributed by atoms with Crippen LogP contribution in [0.4, 0.5) is 0 Å². The predicted octanol–water partition coefficient (Wildman–Crippen LogP) is 2.80. The van der Waals surface area contributed by atoms with Gasteiger partial charge >= 0.3 is 0 Å². The number of rotatable bonds is 7. The Morgan fingerprint density at radius 2 is 1.80 bits per heavy atom. The number of likely N-dealkylation sites (N-methyl/N-ethyl adjacent to an activating group) is 1. The lowest BCUT2D eigenvalue weighted by Gasteiger charge is -2.20. The van der Waals surface area contributed by atoms with Crippen molar-refractivity contribution in [2.45, 2.75) is 45.8 Å². The monoisotopic (exact) mass is 412 g/mol. The Balaban J connectivity index is 1.43. The SMILES string of the molecule is CN=C(NCc1ccc(CN2CCCN(C)CC2)cc1)NCc1cc(C(C)C)no1. The molecule has 7 nitrogen and oxygen atoms in total.